The standard InChI is InChI=1S/C70H49N3/c1-7-19-48(20-8-1)52-31-35-54(36-32-52)61-45-60(66-47-65(56-27-15-5-16-28-56)71-70(72-66)57-29-17-6-18-30-57)46-62(55-37-33-53(34-38-55)49-21-9-2-10-22-49)69(61)73-67-41-39-58(50-23-11-3-12-24-50)43-63(67)64-44-59(40-42-68(64)73)51-25-13-4-14-26-51/h1-4,6-15,17-47H,5,16H2. The van der Waals surface area contributed by atoms with Gasteiger partial charge in [0, 0.05) is 33.0 Å². The van der Waals surface area contributed by atoms with E-state index in [2.05, 4.69) is 272 Å². The molecule has 10 aromatic carbocycles. The molecule has 0 bridgehead atoms. The van der Waals surface area contributed by atoms with Crippen molar-refractivity contribution in [3.63, 3.8) is 0 Å². The molecule has 2 aromatic heterocycles. The number of hydrogen-bond donors (Lipinski definition) is 0. The largest absolute Gasteiger partial charge is 0.308 e. The highest BCUT2D eigenvalue weighted by Gasteiger charge is 2.24. The van der Waals surface area contributed by atoms with Crippen molar-refractivity contribution >= 4 is 27.4 Å². The predicted octanol–water partition coefficient (Wildman–Crippen LogP) is 18.6. The van der Waals surface area contributed by atoms with Crippen molar-refractivity contribution in [3.05, 3.63) is 279 Å². The number of fused-ring (bicyclic) bond motifs is 3. The van der Waals surface area contributed by atoms with Crippen LogP contribution in [0.25, 0.3) is 122 Å². The minimum Gasteiger partial charge on any atom is -0.308 e. The molecule has 0 N–H and O–H groups in total. The molecular formula is C70H49N3. The van der Waals surface area contributed by atoms with Gasteiger partial charge in [-0.2, -0.15) is 0 Å². The molecule has 0 saturated heterocycles. The third-order valence-electron chi connectivity index (χ3n) is 14.3. The van der Waals surface area contributed by atoms with E-state index >= 15 is 0 Å². The van der Waals surface area contributed by atoms with Crippen LogP contribution < -0.4 is 0 Å². The molecule has 0 fully saturated rings. The van der Waals surface area contributed by atoms with Gasteiger partial charge in [0.2, 0.25) is 0 Å². The molecule has 0 spiro atoms. The molecule has 0 unspecified atom stereocenters. The monoisotopic (exact) mass is 931 g/mol. The molecule has 1 aliphatic carbocycles. The molecule has 1 aliphatic rings. The van der Waals surface area contributed by atoms with Crippen molar-refractivity contribution < 1.29 is 0 Å². The quantitative estimate of drug-likeness (QED) is 0.137. The second-order valence-electron chi connectivity index (χ2n) is 18.8. The van der Waals surface area contributed by atoms with Crippen LogP contribution in [0.15, 0.2) is 273 Å². The zero-order valence-corrected chi connectivity index (χ0v) is 40.2. The third-order valence-corrected chi connectivity index (χ3v) is 14.3. The molecule has 0 saturated carbocycles. The second kappa shape index (κ2) is 19.0. The zero-order chi connectivity index (χ0) is 48.5. The van der Waals surface area contributed by atoms with Crippen LogP contribution in [0, 0.1) is 0 Å². The second-order valence-corrected chi connectivity index (χ2v) is 18.8. The van der Waals surface area contributed by atoms with Crippen molar-refractivity contribution in [2.75, 3.05) is 0 Å². The number of nitrogens with zero attached hydrogens (tertiary/aromatic N) is 3. The van der Waals surface area contributed by atoms with Gasteiger partial charge >= 0.3 is 0 Å². The predicted molar refractivity (Wildman–Crippen MR) is 306 cm³/mol. The topological polar surface area (TPSA) is 30.7 Å². The first kappa shape index (κ1) is 43.6. The Kier molecular flexibility index (Phi) is 11.4. The summed E-state index contributed by atoms with van der Waals surface area (Å²) in [5, 5.41) is 2.38. The van der Waals surface area contributed by atoms with E-state index in [1.165, 1.54) is 55.3 Å². The van der Waals surface area contributed by atoms with Crippen molar-refractivity contribution in [2.45, 2.75) is 12.8 Å². The van der Waals surface area contributed by atoms with E-state index in [0.29, 0.717) is 5.82 Å². The normalized spacial score (nSPS) is 12.3. The summed E-state index contributed by atoms with van der Waals surface area (Å²) in [5.41, 5.74) is 22.0. The molecular weight excluding hydrogens is 883 g/mol. The van der Waals surface area contributed by atoms with Gasteiger partial charge in [0.25, 0.3) is 0 Å². The number of rotatable bonds is 10. The molecule has 3 nitrogen and oxygen atoms in total. The average molecular weight is 932 g/mol. The maximum absolute atomic E-state index is 5.45. The van der Waals surface area contributed by atoms with Gasteiger partial charge in [-0.1, -0.05) is 231 Å². The molecule has 2 heterocycles. The summed E-state index contributed by atoms with van der Waals surface area (Å²) < 4.78 is 2.53. The Morgan fingerprint density at radius 1 is 0.301 bits per heavy atom. The van der Waals surface area contributed by atoms with E-state index in [1.54, 1.807) is 0 Å². The van der Waals surface area contributed by atoms with Crippen LogP contribution in [-0.2, 0) is 0 Å². The van der Waals surface area contributed by atoms with Crippen LogP contribution in [0.1, 0.15) is 18.5 Å². The van der Waals surface area contributed by atoms with Crippen LogP contribution >= 0.6 is 0 Å². The number of allylic oxidation sites excluding steroid dienone is 4. The van der Waals surface area contributed by atoms with Crippen LogP contribution in [0.3, 0.4) is 0 Å². The Hall–Kier alpha value is -9.44. The van der Waals surface area contributed by atoms with Gasteiger partial charge in [-0.05, 0) is 117 Å². The van der Waals surface area contributed by atoms with E-state index in [0.717, 1.165) is 79.9 Å². The van der Waals surface area contributed by atoms with Gasteiger partial charge in [-0.3, -0.25) is 0 Å². The molecule has 0 amide bonds. The van der Waals surface area contributed by atoms with E-state index in [1.807, 2.05) is 6.07 Å². The number of hydrogen-bond acceptors (Lipinski definition) is 2. The SMILES string of the molecule is C1=CC(c2cc(-c3cc(-c4ccc(-c5ccccc5)cc4)c(-n4c5ccc(-c6ccccc6)cc5c5cc(-c6ccccc6)ccc54)c(-c4ccc(-c5ccccc5)cc4)c3)nc(-c3ccccc3)n2)=CCC1. The van der Waals surface area contributed by atoms with Gasteiger partial charge < -0.3 is 4.57 Å². The molecule has 73 heavy (non-hydrogen) atoms. The Balaban J connectivity index is 1.13. The lowest BCUT2D eigenvalue weighted by Crippen LogP contribution is -2.03. The molecule has 13 rings (SSSR count). The Morgan fingerprint density at radius 3 is 1.12 bits per heavy atom. The van der Waals surface area contributed by atoms with Crippen LogP contribution in [-0.4, -0.2) is 14.5 Å². The van der Waals surface area contributed by atoms with Crippen molar-refractivity contribution in [1.29, 1.82) is 0 Å². The van der Waals surface area contributed by atoms with Crippen LogP contribution in [0.2, 0.25) is 0 Å². The average Bonchev–Trinajstić information content (AvgIpc) is 3.80. The fraction of sp³-hybridized carbons (Fsp3) is 0.0286. The van der Waals surface area contributed by atoms with Crippen LogP contribution in [0.5, 0.6) is 0 Å². The van der Waals surface area contributed by atoms with Gasteiger partial charge in [0.1, 0.15) is 0 Å². The van der Waals surface area contributed by atoms with E-state index in [9.17, 15) is 0 Å². The Morgan fingerprint density at radius 2 is 0.685 bits per heavy atom. The van der Waals surface area contributed by atoms with Gasteiger partial charge in [-0.15, -0.1) is 0 Å². The lowest BCUT2D eigenvalue weighted by atomic mass is 9.90. The first-order chi connectivity index (χ1) is 36.2. The van der Waals surface area contributed by atoms with Crippen molar-refractivity contribution in [3.8, 4) is 95.1 Å². The summed E-state index contributed by atoms with van der Waals surface area (Å²) in [6, 6.07) is 92.2. The maximum Gasteiger partial charge on any atom is 0.160 e. The fourth-order valence-electron chi connectivity index (χ4n) is 10.6. The molecule has 344 valence electrons. The number of benzene rings is 10. The van der Waals surface area contributed by atoms with E-state index in [4.69, 9.17) is 9.97 Å². The zero-order valence-electron chi connectivity index (χ0n) is 40.2. The van der Waals surface area contributed by atoms with Crippen LogP contribution in [0.4, 0.5) is 0 Å². The molecule has 3 heteroatoms. The maximum atomic E-state index is 5.45. The summed E-state index contributed by atoms with van der Waals surface area (Å²) in [7, 11) is 0. The minimum absolute atomic E-state index is 0.699. The first-order valence-electron chi connectivity index (χ1n) is 25.2. The minimum atomic E-state index is 0.699. The summed E-state index contributed by atoms with van der Waals surface area (Å²) in [6.07, 6.45) is 8.77. The summed E-state index contributed by atoms with van der Waals surface area (Å²) in [4.78, 5) is 10.7. The van der Waals surface area contributed by atoms with Crippen molar-refractivity contribution in [2.24, 2.45) is 0 Å². The number of aromatic nitrogens is 3. The highest BCUT2D eigenvalue weighted by Crippen LogP contribution is 2.46. The molecule has 0 atom stereocenters. The van der Waals surface area contributed by atoms with E-state index < -0.39 is 0 Å². The van der Waals surface area contributed by atoms with Gasteiger partial charge in [0.15, 0.2) is 5.82 Å². The fourth-order valence-corrected chi connectivity index (χ4v) is 10.6. The lowest BCUT2D eigenvalue weighted by Gasteiger charge is -2.22. The van der Waals surface area contributed by atoms with Gasteiger partial charge in [0.05, 0.1) is 28.1 Å². The lowest BCUT2D eigenvalue weighted by molar-refractivity contribution is 1.03. The van der Waals surface area contributed by atoms with E-state index in [-0.39, 0.29) is 0 Å². The molecule has 12 aromatic rings. The smallest absolute Gasteiger partial charge is 0.160 e. The molecule has 0 radical (unpaired) electrons. The third kappa shape index (κ3) is 8.47. The van der Waals surface area contributed by atoms with Gasteiger partial charge in [-0.25, -0.2) is 9.97 Å². The van der Waals surface area contributed by atoms with Crippen molar-refractivity contribution in [1.82, 2.24) is 14.5 Å². The Labute approximate surface area is 426 Å². The summed E-state index contributed by atoms with van der Waals surface area (Å²) >= 11 is 0. The molecule has 0 aliphatic heterocycles. The summed E-state index contributed by atoms with van der Waals surface area (Å²) in [5.74, 6) is 0.699. The Bertz CT molecular complexity index is 3800. The highest BCUT2D eigenvalue weighted by atomic mass is 15.0. The summed E-state index contributed by atoms with van der Waals surface area (Å²) in [6.45, 7) is 0. The first-order valence-corrected chi connectivity index (χ1v) is 25.2. The highest BCUT2D eigenvalue weighted by molar-refractivity contribution is 6.13.